The van der Waals surface area contributed by atoms with Gasteiger partial charge in [0.2, 0.25) is 0 Å². The summed E-state index contributed by atoms with van der Waals surface area (Å²) in [5.74, 6) is 1.51. The van der Waals surface area contributed by atoms with Crippen LogP contribution < -0.4 is 4.74 Å². The van der Waals surface area contributed by atoms with Gasteiger partial charge in [-0.1, -0.05) is 30.5 Å². The molecule has 0 atom stereocenters. The molecule has 0 bridgehead atoms. The number of aromatic nitrogens is 3. The lowest BCUT2D eigenvalue weighted by molar-refractivity contribution is 0.0597. The number of hydrogen-bond donors (Lipinski definition) is 0. The van der Waals surface area contributed by atoms with Crippen molar-refractivity contribution >= 4 is 17.0 Å². The first-order valence-corrected chi connectivity index (χ1v) is 12.2. The fourth-order valence-electron chi connectivity index (χ4n) is 5.35. The SMILES string of the molecule is COC(=O)c1ccc(-c2cn(CC3CCCCC3)c3cc(-c4c(C)noc4C)cnc23)cc1OC. The second-order valence-electron chi connectivity index (χ2n) is 9.40. The highest BCUT2D eigenvalue weighted by Gasteiger charge is 2.21. The largest absolute Gasteiger partial charge is 0.496 e. The third-order valence-corrected chi connectivity index (χ3v) is 7.14. The van der Waals surface area contributed by atoms with Crippen molar-refractivity contribution in [3.8, 4) is 28.0 Å². The number of aryl methyl sites for hydroxylation is 2. The summed E-state index contributed by atoms with van der Waals surface area (Å²) >= 11 is 0. The van der Waals surface area contributed by atoms with Crippen molar-refractivity contribution in [2.75, 3.05) is 14.2 Å². The molecule has 7 nitrogen and oxygen atoms in total. The number of benzene rings is 1. The molecule has 0 spiro atoms. The molecule has 7 heteroatoms. The Bertz CT molecular complexity index is 1360. The summed E-state index contributed by atoms with van der Waals surface area (Å²) in [5, 5.41) is 4.13. The molecule has 0 saturated heterocycles. The smallest absolute Gasteiger partial charge is 0.341 e. The first-order valence-electron chi connectivity index (χ1n) is 12.2. The minimum atomic E-state index is -0.421. The number of fused-ring (bicyclic) bond motifs is 1. The highest BCUT2D eigenvalue weighted by Crippen LogP contribution is 2.37. The molecule has 0 radical (unpaired) electrons. The molecule has 35 heavy (non-hydrogen) atoms. The van der Waals surface area contributed by atoms with Gasteiger partial charge in [0.05, 0.1) is 30.9 Å². The first-order chi connectivity index (χ1) is 17.0. The minimum absolute atomic E-state index is 0.401. The van der Waals surface area contributed by atoms with E-state index in [1.165, 1.54) is 39.2 Å². The summed E-state index contributed by atoms with van der Waals surface area (Å²) in [4.78, 5) is 17.1. The van der Waals surface area contributed by atoms with E-state index in [2.05, 4.69) is 22.0 Å². The lowest BCUT2D eigenvalue weighted by atomic mass is 9.89. The van der Waals surface area contributed by atoms with Crippen molar-refractivity contribution in [2.24, 2.45) is 5.92 Å². The summed E-state index contributed by atoms with van der Waals surface area (Å²) in [6.45, 7) is 4.85. The van der Waals surface area contributed by atoms with E-state index in [0.717, 1.165) is 51.3 Å². The quantitative estimate of drug-likeness (QED) is 0.304. The van der Waals surface area contributed by atoms with Gasteiger partial charge >= 0.3 is 5.97 Å². The first kappa shape index (κ1) is 23.1. The summed E-state index contributed by atoms with van der Waals surface area (Å²) in [6.07, 6.45) is 10.5. The maximum Gasteiger partial charge on any atom is 0.341 e. The summed E-state index contributed by atoms with van der Waals surface area (Å²) < 4.78 is 18.2. The summed E-state index contributed by atoms with van der Waals surface area (Å²) in [6, 6.07) is 7.76. The van der Waals surface area contributed by atoms with E-state index in [-0.39, 0.29) is 0 Å². The van der Waals surface area contributed by atoms with Crippen LogP contribution in [-0.4, -0.2) is 34.9 Å². The number of methoxy groups -OCH3 is 2. The van der Waals surface area contributed by atoms with Gasteiger partial charge in [-0.3, -0.25) is 4.98 Å². The Morgan fingerprint density at radius 3 is 2.60 bits per heavy atom. The number of pyridine rings is 1. The third-order valence-electron chi connectivity index (χ3n) is 7.14. The highest BCUT2D eigenvalue weighted by molar-refractivity contribution is 5.97. The van der Waals surface area contributed by atoms with E-state index < -0.39 is 5.97 Å². The Morgan fingerprint density at radius 1 is 1.11 bits per heavy atom. The second-order valence-corrected chi connectivity index (χ2v) is 9.40. The van der Waals surface area contributed by atoms with Gasteiger partial charge in [-0.05, 0) is 56.4 Å². The molecular weight excluding hydrogens is 442 g/mol. The predicted molar refractivity (Wildman–Crippen MR) is 135 cm³/mol. The summed E-state index contributed by atoms with van der Waals surface area (Å²) in [7, 11) is 2.93. The Balaban J connectivity index is 1.64. The third kappa shape index (κ3) is 4.31. The van der Waals surface area contributed by atoms with Crippen LogP contribution in [0.2, 0.25) is 0 Å². The van der Waals surface area contributed by atoms with Gasteiger partial charge in [0.1, 0.15) is 17.1 Å². The molecule has 3 aromatic heterocycles. The average molecular weight is 474 g/mol. The van der Waals surface area contributed by atoms with E-state index in [9.17, 15) is 4.79 Å². The highest BCUT2D eigenvalue weighted by atomic mass is 16.5. The van der Waals surface area contributed by atoms with Gasteiger partial charge in [-0.15, -0.1) is 0 Å². The number of rotatable bonds is 6. The maximum atomic E-state index is 12.2. The van der Waals surface area contributed by atoms with E-state index >= 15 is 0 Å². The molecule has 0 amide bonds. The van der Waals surface area contributed by atoms with Crippen LogP contribution >= 0.6 is 0 Å². The van der Waals surface area contributed by atoms with Crippen molar-refractivity contribution in [3.05, 3.63) is 53.7 Å². The molecule has 4 aromatic rings. The Hall–Kier alpha value is -3.61. The van der Waals surface area contributed by atoms with Crippen LogP contribution in [0.25, 0.3) is 33.3 Å². The Morgan fingerprint density at radius 2 is 1.91 bits per heavy atom. The molecule has 0 N–H and O–H groups in total. The van der Waals surface area contributed by atoms with Crippen LogP contribution in [0.1, 0.15) is 53.9 Å². The molecule has 0 unspecified atom stereocenters. The van der Waals surface area contributed by atoms with E-state index in [4.69, 9.17) is 19.0 Å². The zero-order valence-electron chi connectivity index (χ0n) is 20.8. The molecular formula is C28H31N3O4. The Labute approximate surface area is 205 Å². The fraction of sp³-hybridized carbons (Fsp3) is 0.393. The van der Waals surface area contributed by atoms with Crippen LogP contribution in [0.5, 0.6) is 5.75 Å². The zero-order chi connectivity index (χ0) is 24.5. The molecule has 3 heterocycles. The molecule has 1 aliphatic rings. The van der Waals surface area contributed by atoms with Gasteiger partial charge in [-0.25, -0.2) is 4.79 Å². The van der Waals surface area contributed by atoms with E-state index in [1.807, 2.05) is 32.2 Å². The lowest BCUT2D eigenvalue weighted by Gasteiger charge is -2.22. The van der Waals surface area contributed by atoms with Crippen molar-refractivity contribution in [1.29, 1.82) is 0 Å². The van der Waals surface area contributed by atoms with Crippen LogP contribution in [0, 0.1) is 19.8 Å². The number of esters is 1. The standard InChI is InChI=1S/C28H31N3O4/c1-17-26(18(2)35-30-17)21-12-24-27(29-14-21)23(16-31(24)15-19-8-6-5-7-9-19)20-10-11-22(28(32)34-4)25(13-20)33-3/h10-14,16,19H,5-9,15H2,1-4H3. The monoisotopic (exact) mass is 473 g/mol. The van der Waals surface area contributed by atoms with Gasteiger partial charge < -0.3 is 18.6 Å². The van der Waals surface area contributed by atoms with E-state index in [1.54, 1.807) is 13.2 Å². The molecule has 5 rings (SSSR count). The summed E-state index contributed by atoms with van der Waals surface area (Å²) in [5.41, 5.74) is 7.21. The predicted octanol–water partition coefficient (Wildman–Crippen LogP) is 6.35. The van der Waals surface area contributed by atoms with Gasteiger partial charge in [-0.2, -0.15) is 0 Å². The molecule has 1 saturated carbocycles. The normalized spacial score (nSPS) is 14.4. The number of carbonyl (C=O) groups excluding carboxylic acids is 1. The lowest BCUT2D eigenvalue weighted by Crippen LogP contribution is -2.13. The van der Waals surface area contributed by atoms with Crippen LogP contribution in [0.3, 0.4) is 0 Å². The number of nitrogens with zero attached hydrogens (tertiary/aromatic N) is 3. The van der Waals surface area contributed by atoms with E-state index in [0.29, 0.717) is 17.2 Å². The van der Waals surface area contributed by atoms with Crippen molar-refractivity contribution < 1.29 is 18.8 Å². The number of hydrogen-bond acceptors (Lipinski definition) is 6. The van der Waals surface area contributed by atoms with Crippen LogP contribution in [0.4, 0.5) is 0 Å². The van der Waals surface area contributed by atoms with Crippen LogP contribution in [0.15, 0.2) is 41.2 Å². The Kier molecular flexibility index (Phi) is 6.32. The number of carbonyl (C=O) groups is 1. The molecule has 1 aliphatic carbocycles. The molecule has 1 fully saturated rings. The van der Waals surface area contributed by atoms with Gasteiger partial charge in [0.25, 0.3) is 0 Å². The average Bonchev–Trinajstić information content (AvgIpc) is 3.42. The maximum absolute atomic E-state index is 12.2. The van der Waals surface area contributed by atoms with Crippen molar-refractivity contribution in [1.82, 2.24) is 14.7 Å². The van der Waals surface area contributed by atoms with Crippen LogP contribution in [-0.2, 0) is 11.3 Å². The second kappa shape index (κ2) is 9.56. The van der Waals surface area contributed by atoms with Gasteiger partial charge in [0.15, 0.2) is 0 Å². The van der Waals surface area contributed by atoms with Gasteiger partial charge in [0, 0.05) is 35.6 Å². The molecule has 1 aromatic carbocycles. The fourth-order valence-corrected chi connectivity index (χ4v) is 5.35. The number of ether oxygens (including phenoxy) is 2. The molecule has 0 aliphatic heterocycles. The topological polar surface area (TPSA) is 79.4 Å². The molecule has 182 valence electrons. The van der Waals surface area contributed by atoms with Crippen molar-refractivity contribution in [2.45, 2.75) is 52.5 Å². The minimum Gasteiger partial charge on any atom is -0.496 e. The van der Waals surface area contributed by atoms with Crippen molar-refractivity contribution in [3.63, 3.8) is 0 Å². The zero-order valence-corrected chi connectivity index (χ0v) is 20.8.